The Labute approximate surface area is 234 Å². The first-order valence-corrected chi connectivity index (χ1v) is 13.6. The molecule has 3 aliphatic rings. The lowest BCUT2D eigenvalue weighted by Crippen LogP contribution is -2.50. The smallest absolute Gasteiger partial charge is 0.412 e. The lowest BCUT2D eigenvalue weighted by atomic mass is 9.90. The first-order valence-electron chi connectivity index (χ1n) is 12.4. The Morgan fingerprint density at radius 2 is 2.00 bits per heavy atom. The topological polar surface area (TPSA) is 112 Å². The molecule has 0 aliphatic carbocycles. The number of anilines is 1. The minimum atomic E-state index is -1.01. The standard InChI is InChI=1S/C28H24ClN5O4S/c29-19-7-9-21-20(14-19)28(38-27(37)33-21)10-11-34(15-28)26(36)23(12-17-4-2-1-3-5-17)32-25(35)18-6-8-22-24(13-18)39-31-16-30-22/h1-9,13-14,16,23H,10-12,15H2,(H,30,31)(H,32,35)(H,33,37). The average Bonchev–Trinajstić information content (AvgIpc) is 3.37. The number of likely N-dealkylation sites (tertiary alicyclic amines) is 1. The van der Waals surface area contributed by atoms with Crippen molar-refractivity contribution in [1.82, 2.24) is 14.9 Å². The molecule has 3 amide bonds. The third kappa shape index (κ3) is 5.05. The Balaban J connectivity index is 1.26. The van der Waals surface area contributed by atoms with E-state index in [1.165, 1.54) is 11.9 Å². The number of aliphatic imine (C=N–C) groups is 1. The highest BCUT2D eigenvalue weighted by Crippen LogP contribution is 2.44. The van der Waals surface area contributed by atoms with E-state index in [4.69, 9.17) is 16.3 Å². The second-order valence-electron chi connectivity index (χ2n) is 9.58. The summed E-state index contributed by atoms with van der Waals surface area (Å²) >= 11 is 7.63. The molecule has 3 heterocycles. The van der Waals surface area contributed by atoms with Gasteiger partial charge in [-0.05, 0) is 53.9 Å². The van der Waals surface area contributed by atoms with Crippen LogP contribution in [0.2, 0.25) is 5.02 Å². The second kappa shape index (κ2) is 10.3. The summed E-state index contributed by atoms with van der Waals surface area (Å²) < 4.78 is 8.75. The Morgan fingerprint density at radius 1 is 1.15 bits per heavy atom. The lowest BCUT2D eigenvalue weighted by Gasteiger charge is -2.35. The average molecular weight is 562 g/mol. The second-order valence-corrected chi connectivity index (χ2v) is 10.9. The number of rotatable bonds is 5. The third-order valence-corrected chi connectivity index (χ3v) is 8.08. The van der Waals surface area contributed by atoms with Gasteiger partial charge in [0.05, 0.1) is 29.2 Å². The molecule has 1 fully saturated rings. The zero-order valence-electron chi connectivity index (χ0n) is 20.6. The summed E-state index contributed by atoms with van der Waals surface area (Å²) in [6.45, 7) is 0.519. The number of benzene rings is 3. The van der Waals surface area contributed by atoms with E-state index in [2.05, 4.69) is 20.3 Å². The number of carbonyl (C=O) groups is 3. The number of nitrogens with one attached hydrogen (secondary N) is 3. The van der Waals surface area contributed by atoms with E-state index in [1.807, 2.05) is 30.3 Å². The van der Waals surface area contributed by atoms with Crippen LogP contribution in [0.25, 0.3) is 0 Å². The summed E-state index contributed by atoms with van der Waals surface area (Å²) in [6.07, 6.45) is 1.75. The van der Waals surface area contributed by atoms with Gasteiger partial charge in [-0.3, -0.25) is 14.9 Å². The highest BCUT2D eigenvalue weighted by molar-refractivity contribution is 7.98. The maximum Gasteiger partial charge on any atom is 0.412 e. The third-order valence-electron chi connectivity index (χ3n) is 7.07. The van der Waals surface area contributed by atoms with Gasteiger partial charge in [-0.2, -0.15) is 0 Å². The highest BCUT2D eigenvalue weighted by Gasteiger charge is 2.49. The van der Waals surface area contributed by atoms with Crippen molar-refractivity contribution in [3.63, 3.8) is 0 Å². The Bertz CT molecular complexity index is 1500. The Kier molecular flexibility index (Phi) is 6.66. The van der Waals surface area contributed by atoms with E-state index >= 15 is 0 Å². The van der Waals surface area contributed by atoms with Gasteiger partial charge in [0, 0.05) is 35.5 Å². The number of ether oxygens (including phenoxy) is 1. The van der Waals surface area contributed by atoms with Crippen LogP contribution in [0.4, 0.5) is 16.2 Å². The van der Waals surface area contributed by atoms with E-state index in [-0.39, 0.29) is 18.4 Å². The van der Waals surface area contributed by atoms with Crippen molar-refractivity contribution in [2.24, 2.45) is 4.99 Å². The highest BCUT2D eigenvalue weighted by atomic mass is 35.5. The van der Waals surface area contributed by atoms with Crippen LogP contribution in [0.5, 0.6) is 0 Å². The molecule has 0 radical (unpaired) electrons. The fourth-order valence-electron chi connectivity index (χ4n) is 5.18. The molecule has 3 N–H and O–H groups in total. The quantitative estimate of drug-likeness (QED) is 0.391. The van der Waals surface area contributed by atoms with Crippen molar-refractivity contribution in [2.45, 2.75) is 29.4 Å². The van der Waals surface area contributed by atoms with Crippen LogP contribution >= 0.6 is 23.5 Å². The fraction of sp³-hybridized carbons (Fsp3) is 0.214. The monoisotopic (exact) mass is 561 g/mol. The predicted octanol–water partition coefficient (Wildman–Crippen LogP) is 4.64. The minimum absolute atomic E-state index is 0.160. The van der Waals surface area contributed by atoms with Crippen molar-refractivity contribution >= 4 is 59.2 Å². The molecule has 9 nitrogen and oxygen atoms in total. The van der Waals surface area contributed by atoms with Gasteiger partial charge in [-0.15, -0.1) is 0 Å². The Hall–Kier alpha value is -4.02. The number of amides is 3. The van der Waals surface area contributed by atoms with E-state index in [9.17, 15) is 14.4 Å². The molecule has 39 heavy (non-hydrogen) atoms. The lowest BCUT2D eigenvalue weighted by molar-refractivity contribution is -0.133. The van der Waals surface area contributed by atoms with Gasteiger partial charge in [-0.25, -0.2) is 9.79 Å². The SMILES string of the molecule is O=C1Nc2ccc(Cl)cc2C2(CCN(C(=O)C(Cc3ccccc3)NC(=O)c3ccc4c(c3)SNC=N4)C2)O1. The van der Waals surface area contributed by atoms with E-state index in [1.54, 1.807) is 47.6 Å². The van der Waals surface area contributed by atoms with Crippen molar-refractivity contribution in [2.75, 3.05) is 18.4 Å². The summed E-state index contributed by atoms with van der Waals surface area (Å²) in [5.74, 6) is -0.609. The van der Waals surface area contributed by atoms with Crippen molar-refractivity contribution < 1.29 is 19.1 Å². The molecule has 6 rings (SSSR count). The van der Waals surface area contributed by atoms with Crippen molar-refractivity contribution in [3.05, 3.63) is 88.4 Å². The molecule has 0 bridgehead atoms. The molecular weight excluding hydrogens is 538 g/mol. The Morgan fingerprint density at radius 3 is 2.85 bits per heavy atom. The van der Waals surface area contributed by atoms with Gasteiger partial charge in [0.15, 0.2) is 5.60 Å². The van der Waals surface area contributed by atoms with Gasteiger partial charge in [0.2, 0.25) is 5.91 Å². The molecule has 3 aromatic rings. The molecule has 3 aliphatic heterocycles. The molecule has 11 heteroatoms. The van der Waals surface area contributed by atoms with Crippen LogP contribution < -0.4 is 15.4 Å². The summed E-state index contributed by atoms with van der Waals surface area (Å²) in [7, 11) is 0. The van der Waals surface area contributed by atoms with E-state index in [0.29, 0.717) is 35.7 Å². The van der Waals surface area contributed by atoms with E-state index < -0.39 is 17.7 Å². The molecule has 2 unspecified atom stereocenters. The molecule has 0 saturated carbocycles. The number of nitrogens with zero attached hydrogens (tertiary/aromatic N) is 2. The number of hydrogen-bond donors (Lipinski definition) is 3. The summed E-state index contributed by atoms with van der Waals surface area (Å²) in [6, 6.07) is 19.1. The van der Waals surface area contributed by atoms with Crippen LogP contribution in [0.15, 0.2) is 76.6 Å². The van der Waals surface area contributed by atoms with Crippen LogP contribution in [0.3, 0.4) is 0 Å². The van der Waals surface area contributed by atoms with Gasteiger partial charge >= 0.3 is 6.09 Å². The molecular formula is C28H24ClN5O4S. The number of carbonyl (C=O) groups excluding carboxylic acids is 3. The van der Waals surface area contributed by atoms with Gasteiger partial charge < -0.3 is 19.7 Å². The van der Waals surface area contributed by atoms with Gasteiger partial charge in [-0.1, -0.05) is 41.9 Å². The van der Waals surface area contributed by atoms with Gasteiger partial charge in [0.1, 0.15) is 6.04 Å². The van der Waals surface area contributed by atoms with Crippen LogP contribution in [0.1, 0.15) is 27.9 Å². The number of fused-ring (bicyclic) bond motifs is 3. The molecule has 1 spiro atoms. The zero-order chi connectivity index (χ0) is 27.0. The van der Waals surface area contributed by atoms with Crippen LogP contribution in [0, 0.1) is 0 Å². The molecule has 3 aromatic carbocycles. The van der Waals surface area contributed by atoms with Crippen molar-refractivity contribution in [3.8, 4) is 0 Å². The largest absolute Gasteiger partial charge is 0.436 e. The first-order chi connectivity index (χ1) is 18.9. The van der Waals surface area contributed by atoms with Crippen molar-refractivity contribution in [1.29, 1.82) is 0 Å². The molecule has 2 atom stereocenters. The number of halogens is 1. The maximum absolute atomic E-state index is 13.9. The zero-order valence-corrected chi connectivity index (χ0v) is 22.2. The fourth-order valence-corrected chi connectivity index (χ4v) is 6.00. The first kappa shape index (κ1) is 25.3. The normalized spacial score (nSPS) is 19.8. The summed E-state index contributed by atoms with van der Waals surface area (Å²) in [5.41, 5.74) is 2.45. The van der Waals surface area contributed by atoms with E-state index in [0.717, 1.165) is 21.7 Å². The molecule has 198 valence electrons. The summed E-state index contributed by atoms with van der Waals surface area (Å²) in [5, 5.41) is 6.17. The minimum Gasteiger partial charge on any atom is -0.436 e. The summed E-state index contributed by atoms with van der Waals surface area (Å²) in [4.78, 5) is 46.4. The number of hydrogen-bond acceptors (Lipinski definition) is 7. The molecule has 0 aromatic heterocycles. The van der Waals surface area contributed by atoms with Gasteiger partial charge in [0.25, 0.3) is 5.91 Å². The predicted molar refractivity (Wildman–Crippen MR) is 149 cm³/mol. The molecule has 1 saturated heterocycles. The van der Waals surface area contributed by atoms with Crippen LogP contribution in [-0.2, 0) is 21.6 Å². The maximum atomic E-state index is 13.9. The van der Waals surface area contributed by atoms with Crippen LogP contribution in [-0.4, -0.2) is 48.3 Å².